The Labute approximate surface area is 107 Å². The van der Waals surface area contributed by atoms with Crippen LogP contribution in [0.4, 0.5) is 4.39 Å². The van der Waals surface area contributed by atoms with Crippen molar-refractivity contribution in [2.75, 3.05) is 7.11 Å². The molecule has 98 valence electrons. The highest BCUT2D eigenvalue weighted by Gasteiger charge is 2.38. The Hall–Kier alpha value is -1.60. The van der Waals surface area contributed by atoms with Gasteiger partial charge >= 0.3 is 0 Å². The van der Waals surface area contributed by atoms with Gasteiger partial charge in [-0.1, -0.05) is 19.4 Å². The van der Waals surface area contributed by atoms with Crippen LogP contribution < -0.4 is 4.74 Å². The standard InChI is InChI=1S/C14H18FNO2/c1-4-6-10(9-16)14(2,17)13-11(15)7-5-8-12(13)18-3/h5,7-8,10,17H,4,6H2,1-3H3. The summed E-state index contributed by atoms with van der Waals surface area (Å²) in [5.41, 5.74) is -1.52. The number of nitriles is 1. The Morgan fingerprint density at radius 3 is 2.72 bits per heavy atom. The predicted octanol–water partition coefficient (Wildman–Crippen LogP) is 2.98. The molecule has 0 aliphatic rings. The molecule has 4 heteroatoms. The molecule has 2 atom stereocenters. The molecule has 3 nitrogen and oxygen atoms in total. The van der Waals surface area contributed by atoms with Crippen LogP contribution >= 0.6 is 0 Å². The number of benzene rings is 1. The fraction of sp³-hybridized carbons (Fsp3) is 0.500. The molecule has 1 aromatic carbocycles. The Balaban J connectivity index is 3.30. The van der Waals surface area contributed by atoms with Gasteiger partial charge in [0.25, 0.3) is 0 Å². The second-order valence-corrected chi connectivity index (χ2v) is 4.43. The van der Waals surface area contributed by atoms with Gasteiger partial charge in [-0.2, -0.15) is 5.26 Å². The van der Waals surface area contributed by atoms with Crippen LogP contribution in [0.1, 0.15) is 32.3 Å². The Morgan fingerprint density at radius 1 is 1.56 bits per heavy atom. The minimum atomic E-state index is -1.57. The summed E-state index contributed by atoms with van der Waals surface area (Å²) in [5, 5.41) is 19.7. The molecule has 0 amide bonds. The van der Waals surface area contributed by atoms with Crippen molar-refractivity contribution in [2.24, 2.45) is 5.92 Å². The van der Waals surface area contributed by atoms with E-state index in [0.29, 0.717) is 6.42 Å². The lowest BCUT2D eigenvalue weighted by Gasteiger charge is -2.30. The number of ether oxygens (including phenoxy) is 1. The molecule has 0 spiro atoms. The van der Waals surface area contributed by atoms with Crippen molar-refractivity contribution in [3.63, 3.8) is 0 Å². The zero-order valence-electron chi connectivity index (χ0n) is 10.9. The lowest BCUT2D eigenvalue weighted by atomic mass is 9.80. The molecule has 0 aliphatic carbocycles. The average Bonchev–Trinajstić information content (AvgIpc) is 2.34. The number of halogens is 1. The first-order chi connectivity index (χ1) is 8.48. The third-order valence-corrected chi connectivity index (χ3v) is 3.11. The lowest BCUT2D eigenvalue weighted by molar-refractivity contribution is 0.00755. The van der Waals surface area contributed by atoms with Gasteiger partial charge in [0.15, 0.2) is 0 Å². The van der Waals surface area contributed by atoms with E-state index in [-0.39, 0.29) is 11.3 Å². The molecule has 0 saturated carbocycles. The van der Waals surface area contributed by atoms with Crippen LogP contribution in [0.2, 0.25) is 0 Å². The largest absolute Gasteiger partial charge is 0.496 e. The van der Waals surface area contributed by atoms with Crippen LogP contribution in [0.15, 0.2) is 18.2 Å². The summed E-state index contributed by atoms with van der Waals surface area (Å²) >= 11 is 0. The van der Waals surface area contributed by atoms with E-state index in [2.05, 4.69) is 0 Å². The number of hydrogen-bond acceptors (Lipinski definition) is 3. The van der Waals surface area contributed by atoms with Gasteiger partial charge < -0.3 is 9.84 Å². The van der Waals surface area contributed by atoms with Gasteiger partial charge in [0, 0.05) is 0 Å². The van der Waals surface area contributed by atoms with E-state index in [0.717, 1.165) is 6.42 Å². The number of methoxy groups -OCH3 is 1. The van der Waals surface area contributed by atoms with Gasteiger partial charge in [0.05, 0.1) is 24.7 Å². The molecule has 0 radical (unpaired) electrons. The van der Waals surface area contributed by atoms with E-state index in [4.69, 9.17) is 10.00 Å². The second kappa shape index (κ2) is 5.83. The first-order valence-electron chi connectivity index (χ1n) is 5.94. The summed E-state index contributed by atoms with van der Waals surface area (Å²) in [4.78, 5) is 0. The van der Waals surface area contributed by atoms with E-state index in [1.165, 1.54) is 26.2 Å². The van der Waals surface area contributed by atoms with Gasteiger partial charge in [0.2, 0.25) is 0 Å². The van der Waals surface area contributed by atoms with E-state index in [1.807, 2.05) is 13.0 Å². The van der Waals surface area contributed by atoms with Crippen molar-refractivity contribution < 1.29 is 14.2 Å². The van der Waals surface area contributed by atoms with E-state index in [1.54, 1.807) is 6.07 Å². The van der Waals surface area contributed by atoms with Gasteiger partial charge in [-0.15, -0.1) is 0 Å². The Morgan fingerprint density at radius 2 is 2.22 bits per heavy atom. The molecule has 0 saturated heterocycles. The maximum Gasteiger partial charge on any atom is 0.133 e. The molecule has 0 fully saturated rings. The topological polar surface area (TPSA) is 53.2 Å². The molecule has 18 heavy (non-hydrogen) atoms. The molecule has 0 heterocycles. The van der Waals surface area contributed by atoms with Crippen LogP contribution in [0.5, 0.6) is 5.75 Å². The molecule has 1 aromatic rings. The monoisotopic (exact) mass is 251 g/mol. The zero-order chi connectivity index (χ0) is 13.8. The van der Waals surface area contributed by atoms with Gasteiger partial charge in [-0.05, 0) is 25.5 Å². The summed E-state index contributed by atoms with van der Waals surface area (Å²) < 4.78 is 19.0. The number of aliphatic hydroxyl groups is 1. The van der Waals surface area contributed by atoms with Crippen molar-refractivity contribution in [3.05, 3.63) is 29.6 Å². The third-order valence-electron chi connectivity index (χ3n) is 3.11. The van der Waals surface area contributed by atoms with E-state index >= 15 is 0 Å². The lowest BCUT2D eigenvalue weighted by Crippen LogP contribution is -2.32. The van der Waals surface area contributed by atoms with Crippen LogP contribution in [-0.2, 0) is 5.60 Å². The van der Waals surface area contributed by atoms with Crippen LogP contribution in [-0.4, -0.2) is 12.2 Å². The van der Waals surface area contributed by atoms with E-state index in [9.17, 15) is 9.50 Å². The summed E-state index contributed by atoms with van der Waals surface area (Å²) in [7, 11) is 1.41. The molecule has 1 N–H and O–H groups in total. The molecular weight excluding hydrogens is 233 g/mol. The molecule has 1 rings (SSSR count). The first kappa shape index (κ1) is 14.5. The molecule has 0 bridgehead atoms. The van der Waals surface area contributed by atoms with Gasteiger partial charge in [-0.25, -0.2) is 4.39 Å². The third kappa shape index (κ3) is 2.62. The quantitative estimate of drug-likeness (QED) is 0.875. The summed E-state index contributed by atoms with van der Waals surface area (Å²) in [6, 6.07) is 6.39. The van der Waals surface area contributed by atoms with Crippen molar-refractivity contribution in [2.45, 2.75) is 32.3 Å². The summed E-state index contributed by atoms with van der Waals surface area (Å²) in [5.74, 6) is -0.972. The molecular formula is C14H18FNO2. The molecule has 0 aliphatic heterocycles. The van der Waals surface area contributed by atoms with Crippen molar-refractivity contribution in [1.29, 1.82) is 5.26 Å². The predicted molar refractivity (Wildman–Crippen MR) is 66.5 cm³/mol. The normalized spacial score (nSPS) is 15.6. The SMILES string of the molecule is CCCC(C#N)C(C)(O)c1c(F)cccc1OC. The van der Waals surface area contributed by atoms with Gasteiger partial charge in [0.1, 0.15) is 17.2 Å². The number of hydrogen-bond donors (Lipinski definition) is 1. The molecule has 2 unspecified atom stereocenters. The van der Waals surface area contributed by atoms with Gasteiger partial charge in [-0.3, -0.25) is 0 Å². The number of nitrogens with zero attached hydrogens (tertiary/aromatic N) is 1. The summed E-state index contributed by atoms with van der Waals surface area (Å²) in [6.07, 6.45) is 1.24. The van der Waals surface area contributed by atoms with Crippen molar-refractivity contribution in [3.8, 4) is 11.8 Å². The minimum Gasteiger partial charge on any atom is -0.496 e. The van der Waals surface area contributed by atoms with Crippen LogP contribution in [0.25, 0.3) is 0 Å². The smallest absolute Gasteiger partial charge is 0.133 e. The van der Waals surface area contributed by atoms with Crippen LogP contribution in [0, 0.1) is 23.1 Å². The van der Waals surface area contributed by atoms with Crippen LogP contribution in [0.3, 0.4) is 0 Å². The van der Waals surface area contributed by atoms with Crippen molar-refractivity contribution in [1.82, 2.24) is 0 Å². The fourth-order valence-corrected chi connectivity index (χ4v) is 2.10. The van der Waals surface area contributed by atoms with E-state index < -0.39 is 17.3 Å². The highest BCUT2D eigenvalue weighted by Crippen LogP contribution is 2.38. The van der Waals surface area contributed by atoms with Crippen molar-refractivity contribution >= 4 is 0 Å². The number of rotatable bonds is 5. The molecule has 0 aromatic heterocycles. The maximum atomic E-state index is 13.9. The average molecular weight is 251 g/mol. The first-order valence-corrected chi connectivity index (χ1v) is 5.94. The minimum absolute atomic E-state index is 0.0486. The fourth-order valence-electron chi connectivity index (χ4n) is 2.10. The second-order valence-electron chi connectivity index (χ2n) is 4.43. The maximum absolute atomic E-state index is 13.9. The Bertz CT molecular complexity index is 452. The summed E-state index contributed by atoms with van der Waals surface area (Å²) in [6.45, 7) is 3.37. The Kier molecular flexibility index (Phi) is 4.69. The highest BCUT2D eigenvalue weighted by atomic mass is 19.1. The highest BCUT2D eigenvalue weighted by molar-refractivity contribution is 5.40. The zero-order valence-corrected chi connectivity index (χ0v) is 10.9.